The molecule has 5 nitrogen and oxygen atoms in total. The first-order chi connectivity index (χ1) is 9.67. The molecular weight excluding hydrogens is 274 g/mol. The molecule has 2 N–H and O–H groups in total. The number of thioether (sulfide) groups is 1. The summed E-state index contributed by atoms with van der Waals surface area (Å²) >= 11 is 1.28. The number of nitrogens with one attached hydrogen (secondary N) is 2. The summed E-state index contributed by atoms with van der Waals surface area (Å²) in [6.07, 6.45) is 5.46. The number of amides is 1. The van der Waals surface area contributed by atoms with Crippen molar-refractivity contribution in [1.29, 1.82) is 0 Å². The lowest BCUT2D eigenvalue weighted by molar-refractivity contribution is -0.118. The number of aromatic amines is 1. The highest BCUT2D eigenvalue weighted by molar-refractivity contribution is 7.99. The SMILES string of the molecule is CCCc1cc(=O)[nH]c(SCC(=O)NCC2CCC2)n1. The van der Waals surface area contributed by atoms with Crippen LogP contribution >= 0.6 is 11.8 Å². The van der Waals surface area contributed by atoms with Gasteiger partial charge < -0.3 is 10.3 Å². The fourth-order valence-electron chi connectivity index (χ4n) is 2.08. The van der Waals surface area contributed by atoms with Gasteiger partial charge in [0.25, 0.3) is 5.56 Å². The minimum absolute atomic E-state index is 0.00504. The van der Waals surface area contributed by atoms with Crippen LogP contribution in [0, 0.1) is 5.92 Å². The fourth-order valence-corrected chi connectivity index (χ4v) is 2.80. The first-order valence-corrected chi connectivity index (χ1v) is 8.15. The van der Waals surface area contributed by atoms with Crippen molar-refractivity contribution in [2.45, 2.75) is 44.2 Å². The summed E-state index contributed by atoms with van der Waals surface area (Å²) < 4.78 is 0. The summed E-state index contributed by atoms with van der Waals surface area (Å²) in [7, 11) is 0. The Labute approximate surface area is 123 Å². The fraction of sp³-hybridized carbons (Fsp3) is 0.643. The molecule has 2 rings (SSSR count). The van der Waals surface area contributed by atoms with Crippen molar-refractivity contribution in [3.05, 3.63) is 22.1 Å². The molecule has 0 radical (unpaired) electrons. The number of H-pyrrole nitrogens is 1. The van der Waals surface area contributed by atoms with Crippen molar-refractivity contribution < 1.29 is 4.79 Å². The summed E-state index contributed by atoms with van der Waals surface area (Å²) in [6.45, 7) is 2.82. The standard InChI is InChI=1S/C14H21N3O2S/c1-2-4-11-7-12(18)17-14(16-11)20-9-13(19)15-8-10-5-3-6-10/h7,10H,2-6,8-9H2,1H3,(H,15,19)(H,16,17,18). The molecule has 0 saturated heterocycles. The lowest BCUT2D eigenvalue weighted by atomic mass is 9.85. The zero-order valence-corrected chi connectivity index (χ0v) is 12.6. The number of hydrogen-bond acceptors (Lipinski definition) is 4. The van der Waals surface area contributed by atoms with Crippen LogP contribution in [0.3, 0.4) is 0 Å². The van der Waals surface area contributed by atoms with E-state index in [0.717, 1.165) is 25.1 Å². The molecule has 0 spiro atoms. The maximum atomic E-state index is 11.7. The van der Waals surface area contributed by atoms with Crippen LogP contribution in [0.5, 0.6) is 0 Å². The van der Waals surface area contributed by atoms with E-state index in [1.54, 1.807) is 0 Å². The van der Waals surface area contributed by atoms with Crippen LogP contribution < -0.4 is 10.9 Å². The van der Waals surface area contributed by atoms with E-state index in [9.17, 15) is 9.59 Å². The van der Waals surface area contributed by atoms with E-state index in [4.69, 9.17) is 0 Å². The van der Waals surface area contributed by atoms with Crippen molar-refractivity contribution in [1.82, 2.24) is 15.3 Å². The van der Waals surface area contributed by atoms with Crippen LogP contribution in [0.2, 0.25) is 0 Å². The number of carbonyl (C=O) groups excluding carboxylic acids is 1. The van der Waals surface area contributed by atoms with E-state index in [-0.39, 0.29) is 11.5 Å². The monoisotopic (exact) mass is 295 g/mol. The number of carbonyl (C=O) groups is 1. The van der Waals surface area contributed by atoms with E-state index in [1.807, 2.05) is 6.92 Å². The van der Waals surface area contributed by atoms with Gasteiger partial charge in [0.05, 0.1) is 5.75 Å². The van der Waals surface area contributed by atoms with Crippen LogP contribution in [0.4, 0.5) is 0 Å². The summed E-state index contributed by atoms with van der Waals surface area (Å²) in [5.74, 6) is 0.964. The molecule has 1 aromatic heterocycles. The van der Waals surface area contributed by atoms with Gasteiger partial charge in [-0.25, -0.2) is 4.98 Å². The van der Waals surface area contributed by atoms with Gasteiger partial charge in [-0.15, -0.1) is 0 Å². The predicted octanol–water partition coefficient (Wildman–Crippen LogP) is 1.73. The summed E-state index contributed by atoms with van der Waals surface area (Å²) in [6, 6.07) is 1.52. The second kappa shape index (κ2) is 7.47. The molecule has 20 heavy (non-hydrogen) atoms. The molecule has 0 aliphatic heterocycles. The normalized spacial score (nSPS) is 14.8. The maximum absolute atomic E-state index is 11.7. The molecule has 6 heteroatoms. The highest BCUT2D eigenvalue weighted by Gasteiger charge is 2.17. The van der Waals surface area contributed by atoms with Crippen LogP contribution in [0.15, 0.2) is 16.0 Å². The number of nitrogens with zero attached hydrogens (tertiary/aromatic N) is 1. The third-order valence-corrected chi connectivity index (χ3v) is 4.31. The van der Waals surface area contributed by atoms with Gasteiger partial charge >= 0.3 is 0 Å². The molecule has 0 aromatic carbocycles. The molecular formula is C14H21N3O2S. The second-order valence-electron chi connectivity index (χ2n) is 5.18. The average Bonchev–Trinajstić information content (AvgIpc) is 2.34. The molecule has 110 valence electrons. The molecule has 0 atom stereocenters. The Morgan fingerprint density at radius 1 is 1.55 bits per heavy atom. The molecule has 1 aliphatic carbocycles. The van der Waals surface area contributed by atoms with Crippen molar-refractivity contribution in [3.8, 4) is 0 Å². The summed E-state index contributed by atoms with van der Waals surface area (Å²) in [5, 5.41) is 3.46. The number of aryl methyl sites for hydroxylation is 1. The maximum Gasteiger partial charge on any atom is 0.251 e. The van der Waals surface area contributed by atoms with Crippen molar-refractivity contribution in [2.75, 3.05) is 12.3 Å². The molecule has 1 heterocycles. The Hall–Kier alpha value is -1.30. The first-order valence-electron chi connectivity index (χ1n) is 7.17. The second-order valence-corrected chi connectivity index (χ2v) is 6.15. The zero-order chi connectivity index (χ0) is 14.4. The van der Waals surface area contributed by atoms with Crippen molar-refractivity contribution >= 4 is 17.7 Å². The van der Waals surface area contributed by atoms with E-state index in [2.05, 4.69) is 15.3 Å². The van der Waals surface area contributed by atoms with Gasteiger partial charge in [0.15, 0.2) is 5.16 Å². The third-order valence-electron chi connectivity index (χ3n) is 3.43. The smallest absolute Gasteiger partial charge is 0.251 e. The molecule has 1 aromatic rings. The van der Waals surface area contributed by atoms with Gasteiger partial charge in [-0.3, -0.25) is 9.59 Å². The van der Waals surface area contributed by atoms with Gasteiger partial charge in [0.2, 0.25) is 5.91 Å². The van der Waals surface area contributed by atoms with Gasteiger partial charge in [0.1, 0.15) is 0 Å². The molecule has 0 bridgehead atoms. The Morgan fingerprint density at radius 2 is 2.35 bits per heavy atom. The van der Waals surface area contributed by atoms with E-state index >= 15 is 0 Å². The molecule has 1 saturated carbocycles. The van der Waals surface area contributed by atoms with E-state index < -0.39 is 0 Å². The Bertz CT molecular complexity index is 511. The lowest BCUT2D eigenvalue weighted by Gasteiger charge is -2.25. The zero-order valence-electron chi connectivity index (χ0n) is 11.8. The molecule has 1 fully saturated rings. The van der Waals surface area contributed by atoms with Gasteiger partial charge in [-0.05, 0) is 25.2 Å². The third kappa shape index (κ3) is 4.67. The minimum Gasteiger partial charge on any atom is -0.355 e. The first kappa shape index (κ1) is 15.1. The molecule has 1 amide bonds. The predicted molar refractivity (Wildman–Crippen MR) is 79.9 cm³/mol. The van der Waals surface area contributed by atoms with Crippen LogP contribution in [0.1, 0.15) is 38.3 Å². The Morgan fingerprint density at radius 3 is 3.00 bits per heavy atom. The van der Waals surface area contributed by atoms with E-state index in [1.165, 1.54) is 37.1 Å². The lowest BCUT2D eigenvalue weighted by Crippen LogP contribution is -2.33. The molecule has 1 aliphatic rings. The topological polar surface area (TPSA) is 74.8 Å². The largest absolute Gasteiger partial charge is 0.355 e. The van der Waals surface area contributed by atoms with Crippen LogP contribution in [-0.2, 0) is 11.2 Å². The highest BCUT2D eigenvalue weighted by atomic mass is 32.2. The highest BCUT2D eigenvalue weighted by Crippen LogP contribution is 2.25. The molecule has 0 unspecified atom stereocenters. The van der Waals surface area contributed by atoms with E-state index in [0.29, 0.717) is 16.8 Å². The van der Waals surface area contributed by atoms with Crippen molar-refractivity contribution in [3.63, 3.8) is 0 Å². The average molecular weight is 295 g/mol. The van der Waals surface area contributed by atoms with Gasteiger partial charge in [-0.2, -0.15) is 0 Å². The number of aromatic nitrogens is 2. The number of rotatable bonds is 7. The van der Waals surface area contributed by atoms with Gasteiger partial charge in [0, 0.05) is 18.3 Å². The quantitative estimate of drug-likeness (QED) is 0.593. The van der Waals surface area contributed by atoms with Crippen molar-refractivity contribution in [2.24, 2.45) is 5.92 Å². The Kier molecular flexibility index (Phi) is 5.64. The van der Waals surface area contributed by atoms with Crippen LogP contribution in [-0.4, -0.2) is 28.2 Å². The summed E-state index contributed by atoms with van der Waals surface area (Å²) in [5.41, 5.74) is 0.634. The van der Waals surface area contributed by atoms with Crippen LogP contribution in [0.25, 0.3) is 0 Å². The van der Waals surface area contributed by atoms with Gasteiger partial charge in [-0.1, -0.05) is 31.5 Å². The Balaban J connectivity index is 1.79. The summed E-state index contributed by atoms with van der Waals surface area (Å²) in [4.78, 5) is 30.2. The number of hydrogen-bond donors (Lipinski definition) is 2. The minimum atomic E-state index is -0.152.